The van der Waals surface area contributed by atoms with Gasteiger partial charge in [-0.3, -0.25) is 0 Å². The third kappa shape index (κ3) is 3.19. The summed E-state index contributed by atoms with van der Waals surface area (Å²) in [6.45, 7) is 4.07. The third-order valence-corrected chi connectivity index (χ3v) is 4.73. The average Bonchev–Trinajstić information content (AvgIpc) is 3.03. The fraction of sp³-hybridized carbons (Fsp3) is 0.438. The Hall–Kier alpha value is -1.39. The highest BCUT2D eigenvalue weighted by Crippen LogP contribution is 2.26. The summed E-state index contributed by atoms with van der Waals surface area (Å²) in [4.78, 5) is 4.37. The maximum atomic E-state index is 5.43. The van der Waals surface area contributed by atoms with E-state index in [-0.39, 0.29) is 0 Å². The molecule has 4 heteroatoms. The van der Waals surface area contributed by atoms with Gasteiger partial charge in [0.05, 0.1) is 0 Å². The highest BCUT2D eigenvalue weighted by molar-refractivity contribution is 7.13. The molecule has 2 heterocycles. The molecule has 1 aromatic carbocycles. The lowest BCUT2D eigenvalue weighted by Gasteiger charge is -2.29. The van der Waals surface area contributed by atoms with Crippen LogP contribution in [0.15, 0.2) is 35.8 Å². The van der Waals surface area contributed by atoms with Gasteiger partial charge in [0.15, 0.2) is 0 Å². The SMILES string of the molecule is CC(Nc1cccc(-c2nccs2)c1)C1CCOCC1. The van der Waals surface area contributed by atoms with Crippen molar-refractivity contribution in [3.05, 3.63) is 35.8 Å². The van der Waals surface area contributed by atoms with Gasteiger partial charge in [-0.1, -0.05) is 12.1 Å². The normalized spacial score (nSPS) is 17.9. The molecule has 0 aliphatic carbocycles. The van der Waals surface area contributed by atoms with Crippen LogP contribution in [0.3, 0.4) is 0 Å². The second kappa shape index (κ2) is 6.37. The van der Waals surface area contributed by atoms with Crippen molar-refractivity contribution in [2.24, 2.45) is 5.92 Å². The Morgan fingerprint density at radius 2 is 2.20 bits per heavy atom. The highest BCUT2D eigenvalue weighted by Gasteiger charge is 2.20. The Morgan fingerprint density at radius 1 is 1.35 bits per heavy atom. The Morgan fingerprint density at radius 3 is 2.95 bits per heavy atom. The number of ether oxygens (including phenoxy) is 1. The van der Waals surface area contributed by atoms with E-state index in [9.17, 15) is 0 Å². The summed E-state index contributed by atoms with van der Waals surface area (Å²) in [5, 5.41) is 6.73. The van der Waals surface area contributed by atoms with Crippen LogP contribution in [0.25, 0.3) is 10.6 Å². The maximum absolute atomic E-state index is 5.43. The van der Waals surface area contributed by atoms with Gasteiger partial charge < -0.3 is 10.1 Å². The van der Waals surface area contributed by atoms with E-state index in [2.05, 4.69) is 41.5 Å². The van der Waals surface area contributed by atoms with Crippen LogP contribution in [0, 0.1) is 5.92 Å². The van der Waals surface area contributed by atoms with E-state index >= 15 is 0 Å². The van der Waals surface area contributed by atoms with E-state index in [1.54, 1.807) is 11.3 Å². The number of benzene rings is 1. The van der Waals surface area contributed by atoms with E-state index in [0.717, 1.165) is 31.1 Å². The lowest BCUT2D eigenvalue weighted by molar-refractivity contribution is 0.0622. The second-order valence-corrected chi connectivity index (χ2v) is 6.20. The molecule has 3 nitrogen and oxygen atoms in total. The molecule has 0 bridgehead atoms. The first-order valence-electron chi connectivity index (χ1n) is 7.17. The van der Waals surface area contributed by atoms with Crippen LogP contribution < -0.4 is 5.32 Å². The van der Waals surface area contributed by atoms with E-state index < -0.39 is 0 Å². The van der Waals surface area contributed by atoms with Gasteiger partial charge in [0, 0.05) is 42.1 Å². The highest BCUT2D eigenvalue weighted by atomic mass is 32.1. The molecular weight excluding hydrogens is 268 g/mol. The van der Waals surface area contributed by atoms with Crippen LogP contribution in [0.4, 0.5) is 5.69 Å². The van der Waals surface area contributed by atoms with Crippen molar-refractivity contribution in [3.8, 4) is 10.6 Å². The maximum Gasteiger partial charge on any atom is 0.123 e. The summed E-state index contributed by atoms with van der Waals surface area (Å²) in [7, 11) is 0. The standard InChI is InChI=1S/C16H20N2OS/c1-12(13-5-8-19-9-6-13)18-15-4-2-3-14(11-15)16-17-7-10-20-16/h2-4,7,10-13,18H,5-6,8-9H2,1H3. The third-order valence-electron chi connectivity index (χ3n) is 3.91. The lowest BCUT2D eigenvalue weighted by Crippen LogP contribution is -2.30. The molecule has 0 saturated carbocycles. The summed E-state index contributed by atoms with van der Waals surface area (Å²) in [6, 6.07) is 9.01. The number of thiazole rings is 1. The molecule has 0 amide bonds. The van der Waals surface area contributed by atoms with Crippen molar-refractivity contribution in [1.29, 1.82) is 0 Å². The van der Waals surface area contributed by atoms with Crippen LogP contribution >= 0.6 is 11.3 Å². The van der Waals surface area contributed by atoms with Gasteiger partial charge in [-0.25, -0.2) is 4.98 Å². The number of aromatic nitrogens is 1. The Balaban J connectivity index is 1.69. The minimum Gasteiger partial charge on any atom is -0.382 e. The van der Waals surface area contributed by atoms with Crippen LogP contribution in [-0.2, 0) is 4.74 Å². The number of hydrogen-bond acceptors (Lipinski definition) is 4. The smallest absolute Gasteiger partial charge is 0.123 e. The molecule has 1 atom stereocenters. The van der Waals surface area contributed by atoms with Gasteiger partial charge >= 0.3 is 0 Å². The molecule has 2 aromatic rings. The largest absolute Gasteiger partial charge is 0.382 e. The summed E-state index contributed by atoms with van der Waals surface area (Å²) in [6.07, 6.45) is 4.16. The van der Waals surface area contributed by atoms with Crippen molar-refractivity contribution >= 4 is 17.0 Å². The molecule has 0 radical (unpaired) electrons. The quantitative estimate of drug-likeness (QED) is 0.922. The topological polar surface area (TPSA) is 34.2 Å². The molecule has 1 aliphatic heterocycles. The minimum absolute atomic E-state index is 0.477. The zero-order chi connectivity index (χ0) is 13.8. The number of rotatable bonds is 4. The van der Waals surface area contributed by atoms with Gasteiger partial charge in [-0.15, -0.1) is 11.3 Å². The van der Waals surface area contributed by atoms with Crippen LogP contribution in [0.1, 0.15) is 19.8 Å². The van der Waals surface area contributed by atoms with Gasteiger partial charge in [-0.2, -0.15) is 0 Å². The predicted octanol–water partition coefficient (Wildman–Crippen LogP) is 4.04. The monoisotopic (exact) mass is 288 g/mol. The van der Waals surface area contributed by atoms with Crippen molar-refractivity contribution in [1.82, 2.24) is 4.98 Å². The lowest BCUT2D eigenvalue weighted by atomic mass is 9.93. The molecule has 0 spiro atoms. The average molecular weight is 288 g/mol. The molecule has 1 aliphatic rings. The molecule has 1 saturated heterocycles. The first-order chi connectivity index (χ1) is 9.83. The summed E-state index contributed by atoms with van der Waals surface area (Å²) in [5.41, 5.74) is 2.36. The molecule has 1 N–H and O–H groups in total. The van der Waals surface area contributed by atoms with Gasteiger partial charge in [0.25, 0.3) is 0 Å². The number of nitrogens with one attached hydrogen (secondary N) is 1. The zero-order valence-corrected chi connectivity index (χ0v) is 12.5. The van der Waals surface area contributed by atoms with Crippen molar-refractivity contribution in [2.45, 2.75) is 25.8 Å². The molecular formula is C16H20N2OS. The first kappa shape index (κ1) is 13.6. The van der Waals surface area contributed by atoms with Crippen molar-refractivity contribution in [2.75, 3.05) is 18.5 Å². The van der Waals surface area contributed by atoms with E-state index in [4.69, 9.17) is 4.74 Å². The van der Waals surface area contributed by atoms with E-state index in [1.807, 2.05) is 11.6 Å². The zero-order valence-electron chi connectivity index (χ0n) is 11.7. The minimum atomic E-state index is 0.477. The summed E-state index contributed by atoms with van der Waals surface area (Å²) >= 11 is 1.68. The van der Waals surface area contributed by atoms with Gasteiger partial charge in [0.2, 0.25) is 0 Å². The molecule has 1 aromatic heterocycles. The molecule has 106 valence electrons. The fourth-order valence-electron chi connectivity index (χ4n) is 2.70. The van der Waals surface area contributed by atoms with Crippen LogP contribution in [-0.4, -0.2) is 24.2 Å². The van der Waals surface area contributed by atoms with E-state index in [0.29, 0.717) is 12.0 Å². The van der Waals surface area contributed by atoms with Gasteiger partial charge in [0.1, 0.15) is 5.01 Å². The number of nitrogens with zero attached hydrogens (tertiary/aromatic N) is 1. The second-order valence-electron chi connectivity index (χ2n) is 5.30. The fourth-order valence-corrected chi connectivity index (χ4v) is 3.34. The van der Waals surface area contributed by atoms with Crippen LogP contribution in [0.5, 0.6) is 0 Å². The molecule has 1 unspecified atom stereocenters. The predicted molar refractivity (Wildman–Crippen MR) is 84.2 cm³/mol. The van der Waals surface area contributed by atoms with Crippen LogP contribution in [0.2, 0.25) is 0 Å². The van der Waals surface area contributed by atoms with Crippen molar-refractivity contribution in [3.63, 3.8) is 0 Å². The number of hydrogen-bond donors (Lipinski definition) is 1. The molecule has 20 heavy (non-hydrogen) atoms. The van der Waals surface area contributed by atoms with Crippen molar-refractivity contribution < 1.29 is 4.74 Å². The number of anilines is 1. The Kier molecular flexibility index (Phi) is 4.33. The molecule has 1 fully saturated rings. The Labute approximate surface area is 124 Å². The first-order valence-corrected chi connectivity index (χ1v) is 8.05. The van der Waals surface area contributed by atoms with E-state index in [1.165, 1.54) is 11.3 Å². The summed E-state index contributed by atoms with van der Waals surface area (Å²) in [5.74, 6) is 0.701. The Bertz CT molecular complexity index is 535. The summed E-state index contributed by atoms with van der Waals surface area (Å²) < 4.78 is 5.43. The van der Waals surface area contributed by atoms with Gasteiger partial charge in [-0.05, 0) is 37.8 Å². The molecule has 3 rings (SSSR count).